The number of aryl methyl sites for hydroxylation is 3. The Balaban J connectivity index is 1.39. The number of nitrogens with zero attached hydrogens (tertiary/aromatic N) is 1. The van der Waals surface area contributed by atoms with Crippen LogP contribution in [0.4, 0.5) is 17.1 Å². The molecule has 0 unspecified atom stereocenters. The maximum Gasteiger partial charge on any atom is 0.0461 e. The molecule has 254 valence electrons. The molecule has 0 amide bonds. The Morgan fingerprint density at radius 3 is 1.22 bits per heavy atom. The zero-order chi connectivity index (χ0) is 35.6. The van der Waals surface area contributed by atoms with E-state index in [0.717, 1.165) is 29.9 Å². The fraction of sp³-hybridized carbons (Fsp3) is 0.224. The topological polar surface area (TPSA) is 3.24 Å². The van der Waals surface area contributed by atoms with Crippen LogP contribution in [0.3, 0.4) is 0 Å². The molecule has 5 rings (SSSR count). The molecule has 5 aromatic rings. The molecule has 0 aliphatic rings. The molecular weight excluding hydrogens is 603 g/mol. The van der Waals surface area contributed by atoms with Gasteiger partial charge in [0, 0.05) is 27.9 Å². The van der Waals surface area contributed by atoms with Gasteiger partial charge in [0.15, 0.2) is 0 Å². The predicted octanol–water partition coefficient (Wildman–Crippen LogP) is 14.0. The van der Waals surface area contributed by atoms with Crippen molar-refractivity contribution in [2.24, 2.45) is 0 Å². The highest BCUT2D eigenvalue weighted by molar-refractivity contribution is 5.77. The average Bonchev–Trinajstić information content (AvgIpc) is 3.13. The van der Waals surface area contributed by atoms with Crippen molar-refractivity contribution in [2.75, 3.05) is 4.90 Å². The first-order valence-corrected chi connectivity index (χ1v) is 18.1. The molecule has 0 radical (unpaired) electrons. The largest absolute Gasteiger partial charge is 0.311 e. The quantitative estimate of drug-likeness (QED) is 0.114. The predicted molar refractivity (Wildman–Crippen MR) is 220 cm³/mol. The molecule has 0 aromatic heterocycles. The minimum Gasteiger partial charge on any atom is -0.311 e. The lowest BCUT2D eigenvalue weighted by molar-refractivity contribution is 0.497. The van der Waals surface area contributed by atoms with Gasteiger partial charge in [-0.25, -0.2) is 0 Å². The summed E-state index contributed by atoms with van der Waals surface area (Å²) in [6.07, 6.45) is 19.8. The summed E-state index contributed by atoms with van der Waals surface area (Å²) in [5.74, 6) is 0. The highest BCUT2D eigenvalue weighted by Crippen LogP contribution is 2.39. The van der Waals surface area contributed by atoms with Gasteiger partial charge < -0.3 is 4.90 Å². The van der Waals surface area contributed by atoms with Gasteiger partial charge in [-0.2, -0.15) is 0 Å². The highest BCUT2D eigenvalue weighted by Gasteiger charge is 2.25. The highest BCUT2D eigenvalue weighted by atomic mass is 15.1. The van der Waals surface area contributed by atoms with Crippen LogP contribution in [0, 0.1) is 20.8 Å². The van der Waals surface area contributed by atoms with E-state index in [4.69, 9.17) is 0 Å². The summed E-state index contributed by atoms with van der Waals surface area (Å²) < 4.78 is 0. The molecule has 0 fully saturated rings. The van der Waals surface area contributed by atoms with Gasteiger partial charge in [-0.3, -0.25) is 0 Å². The van der Waals surface area contributed by atoms with Gasteiger partial charge in [0.25, 0.3) is 0 Å². The first-order chi connectivity index (χ1) is 24.1. The van der Waals surface area contributed by atoms with Crippen molar-refractivity contribution in [1.82, 2.24) is 0 Å². The Morgan fingerprint density at radius 2 is 0.800 bits per heavy atom. The summed E-state index contributed by atoms with van der Waals surface area (Å²) in [6, 6.07) is 44.4. The molecule has 5 aromatic carbocycles. The van der Waals surface area contributed by atoms with E-state index in [1.165, 1.54) is 38.9 Å². The molecule has 50 heavy (non-hydrogen) atoms. The first-order valence-electron chi connectivity index (χ1n) is 18.1. The maximum absolute atomic E-state index is 2.39. The number of rotatable bonds is 13. The minimum absolute atomic E-state index is 0.0269. The maximum atomic E-state index is 2.39. The third kappa shape index (κ3) is 9.10. The summed E-state index contributed by atoms with van der Waals surface area (Å²) in [5, 5.41) is 0. The van der Waals surface area contributed by atoms with E-state index in [1.54, 1.807) is 0 Å². The molecule has 0 saturated carbocycles. The molecule has 0 bridgehead atoms. The second kappa shape index (κ2) is 16.5. The van der Waals surface area contributed by atoms with Crippen LogP contribution in [0.5, 0.6) is 0 Å². The SMILES string of the molecule is CCC(C=CC=Cc1ccc(C)cc1)(CC)c1ccc(N(c2ccc(C)cc2)c2ccc(C(C)(C)C=CC=Cc3ccc(C)cc3)cc2)cc1. The molecule has 0 saturated heterocycles. The van der Waals surface area contributed by atoms with E-state index in [1.807, 2.05) is 0 Å². The van der Waals surface area contributed by atoms with E-state index in [0.29, 0.717) is 0 Å². The molecule has 0 spiro atoms. The number of hydrogen-bond donors (Lipinski definition) is 0. The van der Waals surface area contributed by atoms with Gasteiger partial charge in [0.05, 0.1) is 0 Å². The van der Waals surface area contributed by atoms with Crippen molar-refractivity contribution in [1.29, 1.82) is 0 Å². The van der Waals surface area contributed by atoms with Crippen molar-refractivity contribution in [2.45, 2.75) is 72.1 Å². The zero-order valence-corrected chi connectivity index (χ0v) is 31.0. The molecule has 1 nitrogen and oxygen atoms in total. The van der Waals surface area contributed by atoms with Crippen molar-refractivity contribution >= 4 is 29.2 Å². The lowest BCUT2D eigenvalue weighted by Gasteiger charge is -2.31. The Labute approximate surface area is 302 Å². The van der Waals surface area contributed by atoms with Gasteiger partial charge in [-0.15, -0.1) is 0 Å². The summed E-state index contributed by atoms with van der Waals surface area (Å²) >= 11 is 0. The molecular formula is C49H53N. The van der Waals surface area contributed by atoms with Crippen molar-refractivity contribution in [3.8, 4) is 0 Å². The summed E-state index contributed by atoms with van der Waals surface area (Å²) in [6.45, 7) is 15.5. The summed E-state index contributed by atoms with van der Waals surface area (Å²) in [7, 11) is 0. The van der Waals surface area contributed by atoms with Crippen LogP contribution in [-0.2, 0) is 10.8 Å². The van der Waals surface area contributed by atoms with Gasteiger partial charge in [-0.1, -0.05) is 178 Å². The van der Waals surface area contributed by atoms with E-state index >= 15 is 0 Å². The monoisotopic (exact) mass is 655 g/mol. The van der Waals surface area contributed by atoms with E-state index in [2.05, 4.69) is 223 Å². The fourth-order valence-corrected chi connectivity index (χ4v) is 6.43. The van der Waals surface area contributed by atoms with E-state index in [-0.39, 0.29) is 10.8 Å². The van der Waals surface area contributed by atoms with E-state index in [9.17, 15) is 0 Å². The van der Waals surface area contributed by atoms with Gasteiger partial charge >= 0.3 is 0 Å². The number of hydrogen-bond acceptors (Lipinski definition) is 1. The van der Waals surface area contributed by atoms with Crippen LogP contribution in [0.25, 0.3) is 12.2 Å². The Bertz CT molecular complexity index is 1910. The molecule has 1 heteroatoms. The second-order valence-corrected chi connectivity index (χ2v) is 14.1. The fourth-order valence-electron chi connectivity index (χ4n) is 6.43. The normalized spacial score (nSPS) is 12.5. The van der Waals surface area contributed by atoms with Crippen LogP contribution >= 0.6 is 0 Å². The lowest BCUT2D eigenvalue weighted by Crippen LogP contribution is -2.21. The molecule has 0 atom stereocenters. The van der Waals surface area contributed by atoms with Crippen LogP contribution < -0.4 is 4.90 Å². The third-order valence-corrected chi connectivity index (χ3v) is 10.0. The lowest BCUT2D eigenvalue weighted by atomic mass is 9.75. The van der Waals surface area contributed by atoms with Crippen LogP contribution in [0.2, 0.25) is 0 Å². The second-order valence-electron chi connectivity index (χ2n) is 14.1. The van der Waals surface area contributed by atoms with Gasteiger partial charge in [0.2, 0.25) is 0 Å². The number of anilines is 3. The van der Waals surface area contributed by atoms with E-state index < -0.39 is 0 Å². The third-order valence-electron chi connectivity index (χ3n) is 10.0. The Morgan fingerprint density at radius 1 is 0.440 bits per heavy atom. The number of allylic oxidation sites excluding steroid dienone is 6. The summed E-state index contributed by atoms with van der Waals surface area (Å²) in [5.41, 5.74) is 12.2. The number of benzene rings is 5. The first kappa shape index (κ1) is 36.1. The Kier molecular flexibility index (Phi) is 11.9. The molecule has 0 N–H and O–H groups in total. The summed E-state index contributed by atoms with van der Waals surface area (Å²) in [4.78, 5) is 2.36. The zero-order valence-electron chi connectivity index (χ0n) is 31.0. The smallest absolute Gasteiger partial charge is 0.0461 e. The molecule has 0 heterocycles. The molecule has 0 aliphatic carbocycles. The van der Waals surface area contributed by atoms with Crippen LogP contribution in [0.1, 0.15) is 79.5 Å². The van der Waals surface area contributed by atoms with Crippen molar-refractivity contribution in [3.63, 3.8) is 0 Å². The van der Waals surface area contributed by atoms with Gasteiger partial charge in [-0.05, 0) is 92.3 Å². The van der Waals surface area contributed by atoms with Gasteiger partial charge in [0.1, 0.15) is 0 Å². The van der Waals surface area contributed by atoms with Crippen LogP contribution in [0.15, 0.2) is 158 Å². The average molecular weight is 656 g/mol. The Hall–Kier alpha value is -5.14. The van der Waals surface area contributed by atoms with Crippen LogP contribution in [-0.4, -0.2) is 0 Å². The van der Waals surface area contributed by atoms with Crippen molar-refractivity contribution < 1.29 is 0 Å². The van der Waals surface area contributed by atoms with Crippen molar-refractivity contribution in [3.05, 3.63) is 197 Å². The molecule has 0 aliphatic heterocycles. The minimum atomic E-state index is -0.112. The standard InChI is InChI=1S/C49H53N/c1-8-49(9-2,37-13-11-15-42-24-18-39(4)19-25-42)44-28-34-47(35-29-44)50(45-30-20-40(5)21-31-45)46-32-26-43(27-33-46)48(6,7)36-12-10-14-41-22-16-38(3)17-23-41/h10-37H,8-9H2,1-7H3.